The van der Waals surface area contributed by atoms with Gasteiger partial charge in [0.25, 0.3) is 0 Å². The Bertz CT molecular complexity index is 333. The molecule has 1 atom stereocenters. The molecule has 0 bridgehead atoms. The Morgan fingerprint density at radius 1 is 1.26 bits per heavy atom. The first-order valence-electron chi connectivity index (χ1n) is 7.40. The van der Waals surface area contributed by atoms with Crippen LogP contribution >= 0.6 is 0 Å². The minimum absolute atomic E-state index is 0.106. The van der Waals surface area contributed by atoms with Crippen molar-refractivity contribution in [2.24, 2.45) is 0 Å². The summed E-state index contributed by atoms with van der Waals surface area (Å²) in [7, 11) is 0. The van der Waals surface area contributed by atoms with Gasteiger partial charge in [-0.1, -0.05) is 13.3 Å². The van der Waals surface area contributed by atoms with E-state index in [1.54, 1.807) is 9.80 Å². The molecule has 2 heterocycles. The third-order valence-electron chi connectivity index (χ3n) is 3.85. The summed E-state index contributed by atoms with van der Waals surface area (Å²) in [5.41, 5.74) is 0. The van der Waals surface area contributed by atoms with E-state index in [0.29, 0.717) is 13.2 Å². The molecular formula is C14H24N2O3. The Morgan fingerprint density at radius 2 is 2.05 bits per heavy atom. The first kappa shape index (κ1) is 14.3. The lowest BCUT2D eigenvalue weighted by Gasteiger charge is -2.36. The quantitative estimate of drug-likeness (QED) is 0.648. The summed E-state index contributed by atoms with van der Waals surface area (Å²) < 4.78 is 5.48. The molecule has 2 fully saturated rings. The van der Waals surface area contributed by atoms with Gasteiger partial charge in [0.05, 0.1) is 6.54 Å². The monoisotopic (exact) mass is 268 g/mol. The number of amides is 2. The van der Waals surface area contributed by atoms with E-state index >= 15 is 0 Å². The zero-order valence-corrected chi connectivity index (χ0v) is 11.8. The number of carbonyl (C=O) groups is 2. The summed E-state index contributed by atoms with van der Waals surface area (Å²) in [6.07, 6.45) is 4.81. The standard InChI is InChI=1S/C14H24N2O3/c1-2-3-9-19-10-5-7-15-11-13(17)16-8-4-6-12(16)14(15)18/h12H,2-11H2,1H3. The Hall–Kier alpha value is -1.10. The second-order valence-electron chi connectivity index (χ2n) is 5.32. The molecule has 0 spiro atoms. The Balaban J connectivity index is 1.71. The Kier molecular flexibility index (Phi) is 5.19. The molecule has 5 heteroatoms. The van der Waals surface area contributed by atoms with Gasteiger partial charge in [-0.15, -0.1) is 0 Å². The molecule has 2 amide bonds. The fraction of sp³-hybridized carbons (Fsp3) is 0.857. The van der Waals surface area contributed by atoms with Gasteiger partial charge in [-0.3, -0.25) is 9.59 Å². The van der Waals surface area contributed by atoms with Gasteiger partial charge in [0.15, 0.2) is 0 Å². The number of hydrogen-bond donors (Lipinski definition) is 0. The molecule has 19 heavy (non-hydrogen) atoms. The summed E-state index contributed by atoms with van der Waals surface area (Å²) in [5, 5.41) is 0. The molecule has 0 aromatic rings. The van der Waals surface area contributed by atoms with Gasteiger partial charge in [-0.25, -0.2) is 0 Å². The lowest BCUT2D eigenvalue weighted by Crippen LogP contribution is -2.57. The first-order chi connectivity index (χ1) is 9.24. The van der Waals surface area contributed by atoms with Crippen LogP contribution in [0.5, 0.6) is 0 Å². The summed E-state index contributed by atoms with van der Waals surface area (Å²) in [5.74, 6) is 0.236. The molecule has 0 aromatic heterocycles. The van der Waals surface area contributed by atoms with Crippen LogP contribution in [0.15, 0.2) is 0 Å². The van der Waals surface area contributed by atoms with E-state index in [-0.39, 0.29) is 24.4 Å². The fourth-order valence-corrected chi connectivity index (χ4v) is 2.76. The van der Waals surface area contributed by atoms with Crippen molar-refractivity contribution in [3.63, 3.8) is 0 Å². The predicted octanol–water partition coefficient (Wildman–Crippen LogP) is 1.03. The van der Waals surface area contributed by atoms with Crippen molar-refractivity contribution in [3.8, 4) is 0 Å². The van der Waals surface area contributed by atoms with Gasteiger partial charge in [0.2, 0.25) is 11.8 Å². The molecule has 0 saturated carbocycles. The maximum atomic E-state index is 12.2. The van der Waals surface area contributed by atoms with Gasteiger partial charge < -0.3 is 14.5 Å². The van der Waals surface area contributed by atoms with Crippen LogP contribution in [0.4, 0.5) is 0 Å². The van der Waals surface area contributed by atoms with Crippen LogP contribution in [0.1, 0.15) is 39.0 Å². The maximum Gasteiger partial charge on any atom is 0.245 e. The van der Waals surface area contributed by atoms with E-state index in [1.807, 2.05) is 0 Å². The van der Waals surface area contributed by atoms with Crippen molar-refractivity contribution < 1.29 is 14.3 Å². The highest BCUT2D eigenvalue weighted by molar-refractivity contribution is 5.95. The molecule has 5 nitrogen and oxygen atoms in total. The van der Waals surface area contributed by atoms with Crippen LogP contribution in [-0.2, 0) is 14.3 Å². The van der Waals surface area contributed by atoms with Crippen LogP contribution in [-0.4, -0.2) is 60.5 Å². The van der Waals surface area contributed by atoms with Crippen molar-refractivity contribution in [2.45, 2.75) is 45.1 Å². The highest BCUT2D eigenvalue weighted by Crippen LogP contribution is 2.23. The number of hydrogen-bond acceptors (Lipinski definition) is 3. The Morgan fingerprint density at radius 3 is 2.84 bits per heavy atom. The number of ether oxygens (including phenoxy) is 1. The lowest BCUT2D eigenvalue weighted by atomic mass is 10.1. The predicted molar refractivity (Wildman–Crippen MR) is 71.7 cm³/mol. The minimum atomic E-state index is -0.178. The van der Waals surface area contributed by atoms with Crippen LogP contribution in [0.25, 0.3) is 0 Å². The lowest BCUT2D eigenvalue weighted by molar-refractivity contribution is -0.153. The number of unbranched alkanes of at least 4 members (excludes halogenated alkanes) is 1. The van der Waals surface area contributed by atoms with Crippen LogP contribution in [0, 0.1) is 0 Å². The Labute approximate surface area is 114 Å². The minimum Gasteiger partial charge on any atom is -0.381 e. The molecule has 2 saturated heterocycles. The van der Waals surface area contributed by atoms with Crippen LogP contribution < -0.4 is 0 Å². The molecule has 0 N–H and O–H groups in total. The summed E-state index contributed by atoms with van der Waals surface area (Å²) in [6, 6.07) is -0.178. The number of rotatable bonds is 7. The normalized spacial score (nSPS) is 23.1. The number of piperazine rings is 1. The number of fused-ring (bicyclic) bond motifs is 1. The third-order valence-corrected chi connectivity index (χ3v) is 3.85. The molecule has 2 aliphatic heterocycles. The summed E-state index contributed by atoms with van der Waals surface area (Å²) in [6.45, 7) is 5.25. The molecule has 108 valence electrons. The second kappa shape index (κ2) is 6.89. The van der Waals surface area contributed by atoms with Gasteiger partial charge in [0.1, 0.15) is 6.04 Å². The SMILES string of the molecule is CCCCOCCCN1CC(=O)N2CCCC2C1=O. The van der Waals surface area contributed by atoms with E-state index in [0.717, 1.165) is 45.3 Å². The average Bonchev–Trinajstić information content (AvgIpc) is 2.89. The topological polar surface area (TPSA) is 49.9 Å². The van der Waals surface area contributed by atoms with Crippen LogP contribution in [0.3, 0.4) is 0 Å². The van der Waals surface area contributed by atoms with Gasteiger partial charge in [-0.05, 0) is 25.7 Å². The molecule has 1 unspecified atom stereocenters. The van der Waals surface area contributed by atoms with Crippen molar-refractivity contribution in [1.82, 2.24) is 9.80 Å². The second-order valence-corrected chi connectivity index (χ2v) is 5.32. The molecule has 0 radical (unpaired) electrons. The van der Waals surface area contributed by atoms with E-state index in [2.05, 4.69) is 6.92 Å². The zero-order chi connectivity index (χ0) is 13.7. The average molecular weight is 268 g/mol. The molecular weight excluding hydrogens is 244 g/mol. The molecule has 0 aromatic carbocycles. The first-order valence-corrected chi connectivity index (χ1v) is 7.40. The van der Waals surface area contributed by atoms with E-state index in [9.17, 15) is 9.59 Å². The summed E-state index contributed by atoms with van der Waals surface area (Å²) in [4.78, 5) is 27.6. The highest BCUT2D eigenvalue weighted by Gasteiger charge is 2.41. The fourth-order valence-electron chi connectivity index (χ4n) is 2.76. The van der Waals surface area contributed by atoms with Crippen molar-refractivity contribution in [3.05, 3.63) is 0 Å². The maximum absolute atomic E-state index is 12.2. The molecule has 2 rings (SSSR count). The van der Waals surface area contributed by atoms with E-state index < -0.39 is 0 Å². The smallest absolute Gasteiger partial charge is 0.245 e. The highest BCUT2D eigenvalue weighted by atomic mass is 16.5. The molecule has 2 aliphatic rings. The van der Waals surface area contributed by atoms with Gasteiger partial charge in [-0.2, -0.15) is 0 Å². The summed E-state index contributed by atoms with van der Waals surface area (Å²) >= 11 is 0. The zero-order valence-electron chi connectivity index (χ0n) is 11.8. The largest absolute Gasteiger partial charge is 0.381 e. The number of carbonyl (C=O) groups excluding carboxylic acids is 2. The third kappa shape index (κ3) is 3.47. The van der Waals surface area contributed by atoms with Crippen molar-refractivity contribution in [2.75, 3.05) is 32.8 Å². The van der Waals surface area contributed by atoms with Crippen molar-refractivity contribution >= 4 is 11.8 Å². The van der Waals surface area contributed by atoms with E-state index in [1.165, 1.54) is 0 Å². The molecule has 0 aliphatic carbocycles. The van der Waals surface area contributed by atoms with Gasteiger partial charge in [0, 0.05) is 26.3 Å². The van der Waals surface area contributed by atoms with Crippen molar-refractivity contribution in [1.29, 1.82) is 0 Å². The number of nitrogens with zero attached hydrogens (tertiary/aromatic N) is 2. The van der Waals surface area contributed by atoms with Gasteiger partial charge >= 0.3 is 0 Å². The van der Waals surface area contributed by atoms with E-state index in [4.69, 9.17) is 4.74 Å². The van der Waals surface area contributed by atoms with Crippen LogP contribution in [0.2, 0.25) is 0 Å².